The molecule has 0 aliphatic rings. The summed E-state index contributed by atoms with van der Waals surface area (Å²) in [6, 6.07) is 6.00. The van der Waals surface area contributed by atoms with Gasteiger partial charge in [0.2, 0.25) is 0 Å². The number of benzene rings is 1. The van der Waals surface area contributed by atoms with Crippen molar-refractivity contribution >= 4 is 11.6 Å². The van der Waals surface area contributed by atoms with Gasteiger partial charge in [0, 0.05) is 6.42 Å². The van der Waals surface area contributed by atoms with Gasteiger partial charge < -0.3 is 4.74 Å². The Morgan fingerprint density at radius 2 is 2.20 bits per heavy atom. The van der Waals surface area contributed by atoms with E-state index in [1.807, 2.05) is 19.1 Å². The number of ether oxygens (including phenoxy) is 1. The molecule has 0 amide bonds. The van der Waals surface area contributed by atoms with E-state index in [1.54, 1.807) is 7.11 Å². The topological polar surface area (TPSA) is 33.0 Å². The molecule has 0 heterocycles. The van der Waals surface area contributed by atoms with Gasteiger partial charge in [-0.05, 0) is 43.0 Å². The Labute approximate surface area is 95.4 Å². The summed E-state index contributed by atoms with van der Waals surface area (Å²) in [5.41, 5.74) is 2.35. The predicted octanol–water partition coefficient (Wildman–Crippen LogP) is 3.50. The van der Waals surface area contributed by atoms with Crippen LogP contribution in [0.2, 0.25) is 5.02 Å². The van der Waals surface area contributed by atoms with Gasteiger partial charge in [-0.2, -0.15) is 5.26 Å². The van der Waals surface area contributed by atoms with Crippen LogP contribution in [0.15, 0.2) is 12.1 Å². The number of aryl methyl sites for hydroxylation is 2. The number of methoxy groups -OCH3 is 1. The summed E-state index contributed by atoms with van der Waals surface area (Å²) in [5.74, 6) is 0.707. The lowest BCUT2D eigenvalue weighted by Gasteiger charge is -2.09. The summed E-state index contributed by atoms with van der Waals surface area (Å²) < 4.78 is 5.12. The van der Waals surface area contributed by atoms with Crippen LogP contribution in [0.25, 0.3) is 0 Å². The molecule has 0 spiro atoms. The van der Waals surface area contributed by atoms with Crippen molar-refractivity contribution in [1.29, 1.82) is 5.26 Å². The Kier molecular flexibility index (Phi) is 4.45. The molecule has 1 aromatic rings. The van der Waals surface area contributed by atoms with Gasteiger partial charge in [0.25, 0.3) is 0 Å². The van der Waals surface area contributed by atoms with Crippen LogP contribution in [0.3, 0.4) is 0 Å². The first-order valence-corrected chi connectivity index (χ1v) is 5.26. The van der Waals surface area contributed by atoms with Gasteiger partial charge in [0.15, 0.2) is 0 Å². The third kappa shape index (κ3) is 3.14. The summed E-state index contributed by atoms with van der Waals surface area (Å²) in [6.07, 6.45) is 2.35. The lowest BCUT2D eigenvalue weighted by molar-refractivity contribution is 0.414. The van der Waals surface area contributed by atoms with E-state index in [2.05, 4.69) is 6.07 Å². The highest BCUT2D eigenvalue weighted by Gasteiger charge is 2.05. The molecule has 0 saturated carbocycles. The molecule has 15 heavy (non-hydrogen) atoms. The predicted molar refractivity (Wildman–Crippen MR) is 61.3 cm³/mol. The van der Waals surface area contributed by atoms with Crippen molar-refractivity contribution in [1.82, 2.24) is 0 Å². The van der Waals surface area contributed by atoms with Crippen LogP contribution >= 0.6 is 11.6 Å². The molecule has 0 fully saturated rings. The van der Waals surface area contributed by atoms with Gasteiger partial charge in [0.05, 0.1) is 18.2 Å². The van der Waals surface area contributed by atoms with Gasteiger partial charge >= 0.3 is 0 Å². The van der Waals surface area contributed by atoms with Gasteiger partial charge in [0.1, 0.15) is 5.75 Å². The average molecular weight is 224 g/mol. The van der Waals surface area contributed by atoms with Crippen molar-refractivity contribution in [3.63, 3.8) is 0 Å². The molecule has 0 aliphatic heterocycles. The van der Waals surface area contributed by atoms with E-state index in [4.69, 9.17) is 21.6 Å². The Morgan fingerprint density at radius 1 is 1.47 bits per heavy atom. The lowest BCUT2D eigenvalue weighted by Crippen LogP contribution is -1.93. The average Bonchev–Trinajstić information content (AvgIpc) is 2.23. The second kappa shape index (κ2) is 5.63. The highest BCUT2D eigenvalue weighted by atomic mass is 35.5. The Balaban J connectivity index is 2.81. The summed E-state index contributed by atoms with van der Waals surface area (Å²) in [7, 11) is 1.61. The third-order valence-electron chi connectivity index (χ3n) is 2.35. The fraction of sp³-hybridized carbons (Fsp3) is 0.417. The van der Waals surface area contributed by atoms with Crippen molar-refractivity contribution in [2.24, 2.45) is 0 Å². The summed E-state index contributed by atoms with van der Waals surface area (Å²) in [6.45, 7) is 2.03. The molecule has 2 nitrogen and oxygen atoms in total. The van der Waals surface area contributed by atoms with Crippen LogP contribution in [-0.2, 0) is 6.42 Å². The van der Waals surface area contributed by atoms with E-state index >= 15 is 0 Å². The lowest BCUT2D eigenvalue weighted by atomic mass is 10.0. The van der Waals surface area contributed by atoms with Crippen LogP contribution in [0.4, 0.5) is 0 Å². The molecule has 1 aromatic carbocycles. The van der Waals surface area contributed by atoms with Crippen LogP contribution in [0.5, 0.6) is 5.75 Å². The van der Waals surface area contributed by atoms with E-state index in [0.717, 1.165) is 18.4 Å². The molecule has 80 valence electrons. The Bertz CT molecular complexity index is 382. The van der Waals surface area contributed by atoms with E-state index in [-0.39, 0.29) is 0 Å². The minimum atomic E-state index is 0.586. The smallest absolute Gasteiger partial charge is 0.137 e. The largest absolute Gasteiger partial charge is 0.495 e. The van der Waals surface area contributed by atoms with Crippen LogP contribution < -0.4 is 4.74 Å². The first-order chi connectivity index (χ1) is 7.19. The highest BCUT2D eigenvalue weighted by molar-refractivity contribution is 6.32. The quantitative estimate of drug-likeness (QED) is 0.732. The van der Waals surface area contributed by atoms with Crippen LogP contribution in [-0.4, -0.2) is 7.11 Å². The molecule has 0 radical (unpaired) electrons. The van der Waals surface area contributed by atoms with Gasteiger partial charge in [-0.15, -0.1) is 0 Å². The van der Waals surface area contributed by atoms with Crippen LogP contribution in [0, 0.1) is 18.3 Å². The second-order valence-electron chi connectivity index (χ2n) is 3.42. The number of rotatable bonds is 4. The van der Waals surface area contributed by atoms with E-state index in [0.29, 0.717) is 17.2 Å². The molecule has 0 atom stereocenters. The standard InChI is InChI=1S/C12H14ClNO/c1-9-7-12(15-2)11(13)8-10(9)5-3-4-6-14/h7-8H,3-5H2,1-2H3. The summed E-state index contributed by atoms with van der Waals surface area (Å²) >= 11 is 6.02. The molecule has 3 heteroatoms. The number of halogens is 1. The maximum atomic E-state index is 8.45. The van der Waals surface area contributed by atoms with E-state index < -0.39 is 0 Å². The molecule has 1 rings (SSSR count). The van der Waals surface area contributed by atoms with Crippen molar-refractivity contribution in [2.75, 3.05) is 7.11 Å². The monoisotopic (exact) mass is 223 g/mol. The van der Waals surface area contributed by atoms with Gasteiger partial charge in [-0.3, -0.25) is 0 Å². The summed E-state index contributed by atoms with van der Waals surface area (Å²) in [4.78, 5) is 0. The molecule has 0 unspecified atom stereocenters. The maximum Gasteiger partial charge on any atom is 0.137 e. The first-order valence-electron chi connectivity index (χ1n) is 4.89. The number of hydrogen-bond donors (Lipinski definition) is 0. The molecule has 0 N–H and O–H groups in total. The minimum Gasteiger partial charge on any atom is -0.495 e. The second-order valence-corrected chi connectivity index (χ2v) is 3.83. The third-order valence-corrected chi connectivity index (χ3v) is 2.64. The van der Waals surface area contributed by atoms with Gasteiger partial charge in [-0.1, -0.05) is 11.6 Å². The normalized spacial score (nSPS) is 9.73. The molecule has 0 saturated heterocycles. The molecular weight excluding hydrogens is 210 g/mol. The zero-order valence-corrected chi connectivity index (χ0v) is 9.77. The van der Waals surface area contributed by atoms with Crippen molar-refractivity contribution in [3.05, 3.63) is 28.3 Å². The number of nitriles is 1. The van der Waals surface area contributed by atoms with E-state index in [1.165, 1.54) is 5.56 Å². The van der Waals surface area contributed by atoms with Crippen LogP contribution in [0.1, 0.15) is 24.0 Å². The molecular formula is C12H14ClNO. The first kappa shape index (κ1) is 11.9. The summed E-state index contributed by atoms with van der Waals surface area (Å²) in [5, 5.41) is 9.09. The Hall–Kier alpha value is -1.20. The molecule has 0 aromatic heterocycles. The van der Waals surface area contributed by atoms with Gasteiger partial charge in [-0.25, -0.2) is 0 Å². The fourth-order valence-electron chi connectivity index (χ4n) is 1.48. The number of nitrogens with zero attached hydrogens (tertiary/aromatic N) is 1. The Morgan fingerprint density at radius 3 is 2.80 bits per heavy atom. The maximum absolute atomic E-state index is 8.45. The van der Waals surface area contributed by atoms with Crippen molar-refractivity contribution in [2.45, 2.75) is 26.2 Å². The highest BCUT2D eigenvalue weighted by Crippen LogP contribution is 2.28. The number of unbranched alkanes of at least 4 members (excludes halogenated alkanes) is 1. The fourth-order valence-corrected chi connectivity index (χ4v) is 1.74. The molecule has 0 aliphatic carbocycles. The number of hydrogen-bond acceptors (Lipinski definition) is 2. The van der Waals surface area contributed by atoms with E-state index in [9.17, 15) is 0 Å². The molecule has 0 bridgehead atoms. The zero-order valence-electron chi connectivity index (χ0n) is 9.01. The SMILES string of the molecule is COc1cc(C)c(CCCC#N)cc1Cl. The minimum absolute atomic E-state index is 0.586. The van der Waals surface area contributed by atoms with Crippen molar-refractivity contribution in [3.8, 4) is 11.8 Å². The zero-order chi connectivity index (χ0) is 11.3. The van der Waals surface area contributed by atoms with Crippen molar-refractivity contribution < 1.29 is 4.74 Å².